The average Bonchev–Trinajstić information content (AvgIpc) is 3.18. The van der Waals surface area contributed by atoms with Crippen molar-refractivity contribution in [3.05, 3.63) is 35.4 Å². The van der Waals surface area contributed by atoms with E-state index in [1.807, 2.05) is 12.1 Å². The van der Waals surface area contributed by atoms with Crippen molar-refractivity contribution in [2.24, 2.45) is 4.99 Å². The number of aliphatic imine (C=N–C) groups is 1. The fraction of sp³-hybridized carbons (Fsp3) is 0.696. The first-order valence-electron chi connectivity index (χ1n) is 10.9. The largest absolute Gasteiger partial charge is 0.386 e. The van der Waals surface area contributed by atoms with E-state index in [9.17, 15) is 5.11 Å². The van der Waals surface area contributed by atoms with Crippen molar-refractivity contribution in [1.29, 1.82) is 0 Å². The molecule has 0 aromatic heterocycles. The second-order valence-corrected chi connectivity index (χ2v) is 8.79. The molecule has 0 saturated carbocycles. The van der Waals surface area contributed by atoms with Crippen molar-refractivity contribution in [2.75, 3.05) is 39.3 Å². The smallest absolute Gasteiger partial charge is 0.191 e. The summed E-state index contributed by atoms with van der Waals surface area (Å²) < 4.78 is 0. The molecule has 1 fully saturated rings. The van der Waals surface area contributed by atoms with Crippen molar-refractivity contribution in [1.82, 2.24) is 15.5 Å². The molecule has 1 aliphatic rings. The molecule has 3 N–H and O–H groups in total. The van der Waals surface area contributed by atoms with Gasteiger partial charge in [-0.05, 0) is 68.8 Å². The summed E-state index contributed by atoms with van der Waals surface area (Å²) >= 11 is 0. The second-order valence-electron chi connectivity index (χ2n) is 8.79. The molecular formula is C23H40N4O. The molecule has 2 rings (SSSR count). The fourth-order valence-corrected chi connectivity index (χ4v) is 3.50. The van der Waals surface area contributed by atoms with E-state index in [1.165, 1.54) is 44.5 Å². The molecule has 0 radical (unpaired) electrons. The number of unbranched alkanes of at least 4 members (excludes halogenated alkanes) is 1. The Kier molecular flexibility index (Phi) is 9.26. The molecule has 1 saturated heterocycles. The fourth-order valence-electron chi connectivity index (χ4n) is 3.50. The first-order chi connectivity index (χ1) is 13.4. The van der Waals surface area contributed by atoms with Crippen molar-refractivity contribution >= 4 is 5.96 Å². The lowest BCUT2D eigenvalue weighted by Crippen LogP contribution is -2.38. The average molecular weight is 389 g/mol. The molecule has 1 unspecified atom stereocenters. The highest BCUT2D eigenvalue weighted by molar-refractivity contribution is 5.79. The van der Waals surface area contributed by atoms with Crippen LogP contribution < -0.4 is 10.6 Å². The van der Waals surface area contributed by atoms with Gasteiger partial charge in [0.25, 0.3) is 0 Å². The van der Waals surface area contributed by atoms with Crippen LogP contribution >= 0.6 is 0 Å². The Morgan fingerprint density at radius 3 is 2.39 bits per heavy atom. The zero-order valence-electron chi connectivity index (χ0n) is 18.3. The highest BCUT2D eigenvalue weighted by atomic mass is 16.3. The lowest BCUT2D eigenvalue weighted by molar-refractivity contribution is 0.187. The molecule has 28 heavy (non-hydrogen) atoms. The predicted octanol–water partition coefficient (Wildman–Crippen LogP) is 3.45. The van der Waals surface area contributed by atoms with Gasteiger partial charge in [0.05, 0.1) is 12.6 Å². The van der Waals surface area contributed by atoms with E-state index >= 15 is 0 Å². The summed E-state index contributed by atoms with van der Waals surface area (Å²) in [5.74, 6) is 0.786. The zero-order chi connectivity index (χ0) is 20.4. The second kappa shape index (κ2) is 11.4. The Balaban J connectivity index is 1.76. The summed E-state index contributed by atoms with van der Waals surface area (Å²) in [4.78, 5) is 7.13. The van der Waals surface area contributed by atoms with Crippen LogP contribution in [0.2, 0.25) is 0 Å². The van der Waals surface area contributed by atoms with Gasteiger partial charge in [-0.2, -0.15) is 0 Å². The topological polar surface area (TPSA) is 59.9 Å². The van der Waals surface area contributed by atoms with Crippen LogP contribution in [0.1, 0.15) is 70.6 Å². The minimum atomic E-state index is -0.584. The number of hydrogen-bond acceptors (Lipinski definition) is 3. The Morgan fingerprint density at radius 2 is 1.79 bits per heavy atom. The maximum atomic E-state index is 10.5. The van der Waals surface area contributed by atoms with Crippen molar-refractivity contribution in [2.45, 2.75) is 64.9 Å². The van der Waals surface area contributed by atoms with Gasteiger partial charge in [0.15, 0.2) is 5.96 Å². The summed E-state index contributed by atoms with van der Waals surface area (Å²) in [5, 5.41) is 17.2. The van der Waals surface area contributed by atoms with Gasteiger partial charge in [-0.15, -0.1) is 0 Å². The van der Waals surface area contributed by atoms with E-state index in [2.05, 4.69) is 60.4 Å². The molecule has 0 aliphatic carbocycles. The van der Waals surface area contributed by atoms with Crippen LogP contribution in [0, 0.1) is 0 Å². The van der Waals surface area contributed by atoms with Gasteiger partial charge >= 0.3 is 0 Å². The van der Waals surface area contributed by atoms with Crippen LogP contribution in [0.3, 0.4) is 0 Å². The van der Waals surface area contributed by atoms with Crippen LogP contribution in [-0.4, -0.2) is 55.2 Å². The van der Waals surface area contributed by atoms with Gasteiger partial charge in [-0.25, -0.2) is 0 Å². The molecule has 1 aromatic rings. The summed E-state index contributed by atoms with van der Waals surface area (Å²) in [7, 11) is 0. The molecule has 1 atom stereocenters. The van der Waals surface area contributed by atoms with Gasteiger partial charge in [-0.1, -0.05) is 45.0 Å². The Bertz CT molecular complexity index is 586. The Labute approximate surface area is 171 Å². The lowest BCUT2D eigenvalue weighted by atomic mass is 9.86. The number of hydrogen-bond donors (Lipinski definition) is 3. The highest BCUT2D eigenvalue weighted by Crippen LogP contribution is 2.24. The standard InChI is InChI=1S/C23H40N4O/c1-5-24-22(25-14-6-7-15-27-16-8-9-17-27)26-18-21(28)19-10-12-20(13-11-19)23(2,3)4/h10-13,21,28H,5-9,14-18H2,1-4H3,(H2,24,25,26). The normalized spacial score (nSPS) is 17.0. The van der Waals surface area contributed by atoms with Gasteiger partial charge in [0.2, 0.25) is 0 Å². The minimum Gasteiger partial charge on any atom is -0.386 e. The number of benzene rings is 1. The molecular weight excluding hydrogens is 348 g/mol. The Hall–Kier alpha value is -1.59. The summed E-state index contributed by atoms with van der Waals surface area (Å²) in [6.07, 6.45) is 4.49. The Morgan fingerprint density at radius 1 is 1.11 bits per heavy atom. The number of rotatable bonds is 9. The maximum Gasteiger partial charge on any atom is 0.191 e. The third-order valence-corrected chi connectivity index (χ3v) is 5.32. The summed E-state index contributed by atoms with van der Waals surface area (Å²) in [6, 6.07) is 8.23. The van der Waals surface area contributed by atoms with E-state index in [1.54, 1.807) is 0 Å². The predicted molar refractivity (Wildman–Crippen MR) is 119 cm³/mol. The number of likely N-dealkylation sites (tertiary alicyclic amines) is 1. The van der Waals surface area contributed by atoms with Gasteiger partial charge in [0.1, 0.15) is 0 Å². The van der Waals surface area contributed by atoms with Crippen LogP contribution in [0.25, 0.3) is 0 Å². The highest BCUT2D eigenvalue weighted by Gasteiger charge is 2.15. The van der Waals surface area contributed by atoms with Crippen molar-refractivity contribution in [3.63, 3.8) is 0 Å². The number of nitrogens with zero attached hydrogens (tertiary/aromatic N) is 2. The molecule has 1 heterocycles. The number of guanidine groups is 1. The lowest BCUT2D eigenvalue weighted by Gasteiger charge is -2.20. The molecule has 5 heteroatoms. The van der Waals surface area contributed by atoms with Crippen LogP contribution in [-0.2, 0) is 5.41 Å². The monoisotopic (exact) mass is 388 g/mol. The third kappa shape index (κ3) is 7.80. The molecule has 158 valence electrons. The number of aliphatic hydroxyl groups is 1. The molecule has 5 nitrogen and oxygen atoms in total. The van der Waals surface area contributed by atoms with Gasteiger partial charge < -0.3 is 20.6 Å². The van der Waals surface area contributed by atoms with E-state index in [0.29, 0.717) is 6.54 Å². The first kappa shape index (κ1) is 22.7. The van der Waals surface area contributed by atoms with E-state index in [4.69, 9.17) is 0 Å². The van der Waals surface area contributed by atoms with Crippen molar-refractivity contribution in [3.8, 4) is 0 Å². The minimum absolute atomic E-state index is 0.124. The summed E-state index contributed by atoms with van der Waals surface area (Å²) in [5.41, 5.74) is 2.31. The van der Waals surface area contributed by atoms with E-state index in [-0.39, 0.29) is 5.41 Å². The SMILES string of the molecule is CCNC(=NCC(O)c1ccc(C(C)(C)C)cc1)NCCCCN1CCCC1. The quantitative estimate of drug-likeness (QED) is 0.344. The van der Waals surface area contributed by atoms with Crippen LogP contribution in [0.15, 0.2) is 29.3 Å². The molecule has 1 aliphatic heterocycles. The van der Waals surface area contributed by atoms with E-state index < -0.39 is 6.10 Å². The maximum absolute atomic E-state index is 10.5. The first-order valence-corrected chi connectivity index (χ1v) is 10.9. The van der Waals surface area contributed by atoms with Crippen LogP contribution in [0.5, 0.6) is 0 Å². The molecule has 1 aromatic carbocycles. The third-order valence-electron chi connectivity index (χ3n) is 5.32. The number of nitrogens with one attached hydrogen (secondary N) is 2. The summed E-state index contributed by atoms with van der Waals surface area (Å²) in [6.45, 7) is 14.5. The van der Waals surface area contributed by atoms with Crippen LogP contribution in [0.4, 0.5) is 0 Å². The number of aliphatic hydroxyl groups excluding tert-OH is 1. The van der Waals surface area contributed by atoms with Crippen molar-refractivity contribution < 1.29 is 5.11 Å². The zero-order valence-corrected chi connectivity index (χ0v) is 18.3. The van der Waals surface area contributed by atoms with Gasteiger partial charge in [0, 0.05) is 13.1 Å². The van der Waals surface area contributed by atoms with E-state index in [0.717, 1.165) is 31.0 Å². The molecule has 0 bridgehead atoms. The molecule has 0 amide bonds. The van der Waals surface area contributed by atoms with Gasteiger partial charge in [-0.3, -0.25) is 4.99 Å². The molecule has 0 spiro atoms.